The molecule has 0 saturated heterocycles. The van der Waals surface area contributed by atoms with Gasteiger partial charge in [-0.1, -0.05) is 6.08 Å². The van der Waals surface area contributed by atoms with Crippen LogP contribution in [0.15, 0.2) is 22.8 Å². The Kier molecular flexibility index (Phi) is 1.09. The highest BCUT2D eigenvalue weighted by molar-refractivity contribution is 5.63. The molecule has 54 valence electrons. The van der Waals surface area contributed by atoms with Gasteiger partial charge in [0.1, 0.15) is 0 Å². The third-order valence-corrected chi connectivity index (χ3v) is 2.36. The van der Waals surface area contributed by atoms with Crippen molar-refractivity contribution >= 4 is 0 Å². The first-order chi connectivity index (χ1) is 5.83. The van der Waals surface area contributed by atoms with Crippen LogP contribution in [0.5, 0.6) is 0 Å². The van der Waals surface area contributed by atoms with Crippen LogP contribution in [0.25, 0.3) is 0 Å². The summed E-state index contributed by atoms with van der Waals surface area (Å²) in [4.78, 5) is 0. The van der Waals surface area contributed by atoms with E-state index in [-0.39, 0.29) is 11.8 Å². The minimum atomic E-state index is -0.0466. The van der Waals surface area contributed by atoms with Crippen LogP contribution < -0.4 is 0 Å². The van der Waals surface area contributed by atoms with Crippen LogP contribution in [0.3, 0.4) is 0 Å². The summed E-state index contributed by atoms with van der Waals surface area (Å²) >= 11 is 0. The first kappa shape index (κ1) is 6.65. The maximum absolute atomic E-state index is 8.63. The zero-order valence-corrected chi connectivity index (χ0v) is 6.07. The molecule has 0 bridgehead atoms. The summed E-state index contributed by atoms with van der Waals surface area (Å²) in [6.45, 7) is 0. The van der Waals surface area contributed by atoms with E-state index in [1.165, 1.54) is 0 Å². The Morgan fingerprint density at radius 3 is 2.17 bits per heavy atom. The molecule has 0 aliphatic heterocycles. The Balaban J connectivity index is 2.38. The molecule has 2 atom stereocenters. The van der Waals surface area contributed by atoms with E-state index in [0.29, 0.717) is 16.7 Å². The van der Waals surface area contributed by atoms with E-state index in [2.05, 4.69) is 0 Å². The second-order valence-corrected chi connectivity index (χ2v) is 2.79. The zero-order valence-electron chi connectivity index (χ0n) is 6.07. The van der Waals surface area contributed by atoms with Crippen LogP contribution in [0.1, 0.15) is 0 Å². The first-order valence-electron chi connectivity index (χ1n) is 3.49. The van der Waals surface area contributed by atoms with E-state index in [0.717, 1.165) is 0 Å². The lowest BCUT2D eigenvalue weighted by Crippen LogP contribution is -2.37. The highest BCUT2D eigenvalue weighted by Gasteiger charge is 2.48. The fourth-order valence-corrected chi connectivity index (χ4v) is 1.68. The Bertz CT molecular complexity index is 434. The lowest BCUT2D eigenvalue weighted by Gasteiger charge is -2.40. The summed E-state index contributed by atoms with van der Waals surface area (Å²) in [5.74, 6) is 0.0222. The molecule has 2 rings (SSSR count). The molecule has 12 heavy (non-hydrogen) atoms. The van der Waals surface area contributed by atoms with Crippen molar-refractivity contribution in [3.05, 3.63) is 22.8 Å². The molecule has 0 spiro atoms. The SMILES string of the molecule is N#CC1=CC2C(C#N)=C(C#N)C12. The fraction of sp³-hybridized carbons (Fsp3) is 0.222. The first-order valence-corrected chi connectivity index (χ1v) is 3.49. The summed E-state index contributed by atoms with van der Waals surface area (Å²) in [6, 6.07) is 5.95. The van der Waals surface area contributed by atoms with Crippen molar-refractivity contribution in [3.63, 3.8) is 0 Å². The largest absolute Gasteiger partial charge is 0.193 e. The van der Waals surface area contributed by atoms with Crippen molar-refractivity contribution in [2.24, 2.45) is 11.8 Å². The van der Waals surface area contributed by atoms with Crippen LogP contribution in [0, 0.1) is 45.8 Å². The van der Waals surface area contributed by atoms with Crippen LogP contribution in [-0.2, 0) is 0 Å². The lowest BCUT2D eigenvalue weighted by molar-refractivity contribution is 0.476. The number of fused-ring (bicyclic) bond motifs is 1. The molecule has 3 nitrogen and oxygen atoms in total. The molecule has 0 radical (unpaired) electrons. The van der Waals surface area contributed by atoms with Crippen LogP contribution in [-0.4, -0.2) is 0 Å². The quantitative estimate of drug-likeness (QED) is 0.522. The van der Waals surface area contributed by atoms with E-state index in [4.69, 9.17) is 15.8 Å². The summed E-state index contributed by atoms with van der Waals surface area (Å²) in [5, 5.41) is 25.8. The number of hydrogen-bond acceptors (Lipinski definition) is 3. The van der Waals surface area contributed by atoms with E-state index < -0.39 is 0 Å². The van der Waals surface area contributed by atoms with Gasteiger partial charge in [-0.15, -0.1) is 0 Å². The molecule has 2 aliphatic carbocycles. The summed E-state index contributed by atoms with van der Waals surface area (Å²) in [5.41, 5.74) is 1.67. The van der Waals surface area contributed by atoms with Gasteiger partial charge in [0.25, 0.3) is 0 Å². The third-order valence-electron chi connectivity index (χ3n) is 2.36. The molecule has 0 aromatic heterocycles. The Morgan fingerprint density at radius 1 is 1.00 bits per heavy atom. The molecule has 2 aliphatic rings. The topological polar surface area (TPSA) is 71.4 Å². The molecule has 0 aromatic carbocycles. The highest BCUT2D eigenvalue weighted by Crippen LogP contribution is 2.52. The predicted molar refractivity (Wildman–Crippen MR) is 38.9 cm³/mol. The maximum atomic E-state index is 8.63. The number of allylic oxidation sites excluding steroid dienone is 4. The molecule has 3 heteroatoms. The molecule has 0 heterocycles. The molecule has 0 amide bonds. The van der Waals surface area contributed by atoms with Gasteiger partial charge in [0.05, 0.1) is 29.4 Å². The second-order valence-electron chi connectivity index (χ2n) is 2.79. The van der Waals surface area contributed by atoms with Gasteiger partial charge in [-0.25, -0.2) is 0 Å². The van der Waals surface area contributed by atoms with E-state index in [9.17, 15) is 0 Å². The van der Waals surface area contributed by atoms with Crippen molar-refractivity contribution in [2.45, 2.75) is 0 Å². The van der Waals surface area contributed by atoms with Gasteiger partial charge in [0.15, 0.2) is 0 Å². The number of rotatable bonds is 0. The Hall–Kier alpha value is -2.05. The van der Waals surface area contributed by atoms with Crippen molar-refractivity contribution in [1.29, 1.82) is 15.8 Å². The molecule has 0 fully saturated rings. The average molecular weight is 153 g/mol. The number of hydrogen-bond donors (Lipinski definition) is 0. The van der Waals surface area contributed by atoms with E-state index in [1.807, 2.05) is 18.2 Å². The molecular weight excluding hydrogens is 150 g/mol. The highest BCUT2D eigenvalue weighted by atomic mass is 14.5. The van der Waals surface area contributed by atoms with Crippen molar-refractivity contribution < 1.29 is 0 Å². The van der Waals surface area contributed by atoms with Gasteiger partial charge in [-0.05, 0) is 0 Å². The van der Waals surface area contributed by atoms with Gasteiger partial charge in [0.2, 0.25) is 0 Å². The number of nitrogens with zero attached hydrogens (tertiary/aromatic N) is 3. The average Bonchev–Trinajstić information content (AvgIpc) is 2.06. The monoisotopic (exact) mass is 153 g/mol. The number of nitriles is 3. The van der Waals surface area contributed by atoms with Crippen LogP contribution in [0.4, 0.5) is 0 Å². The Labute approximate surface area is 69.4 Å². The van der Waals surface area contributed by atoms with Crippen LogP contribution >= 0.6 is 0 Å². The van der Waals surface area contributed by atoms with Crippen LogP contribution in [0.2, 0.25) is 0 Å². The zero-order chi connectivity index (χ0) is 8.72. The standard InChI is InChI=1S/C9H3N3/c10-2-5-1-6-7(3-11)8(4-12)9(5)6/h1,6,9H. The second kappa shape index (κ2) is 1.97. The molecular formula is C9H3N3. The van der Waals surface area contributed by atoms with Crippen molar-refractivity contribution in [3.8, 4) is 18.2 Å². The molecule has 2 unspecified atom stereocenters. The lowest BCUT2D eigenvalue weighted by atomic mass is 9.58. The summed E-state index contributed by atoms with van der Waals surface area (Å²) in [7, 11) is 0. The summed E-state index contributed by atoms with van der Waals surface area (Å²) in [6.07, 6.45) is 1.75. The van der Waals surface area contributed by atoms with E-state index in [1.54, 1.807) is 6.08 Å². The molecule has 0 N–H and O–H groups in total. The third kappa shape index (κ3) is 0.492. The maximum Gasteiger partial charge on any atom is 0.0964 e. The van der Waals surface area contributed by atoms with Gasteiger partial charge < -0.3 is 0 Å². The fourth-order valence-electron chi connectivity index (χ4n) is 1.68. The molecule has 0 aromatic rings. The Morgan fingerprint density at radius 2 is 1.67 bits per heavy atom. The summed E-state index contributed by atoms with van der Waals surface area (Å²) < 4.78 is 0. The predicted octanol–water partition coefficient (Wildman–Crippen LogP) is 1.04. The van der Waals surface area contributed by atoms with Gasteiger partial charge >= 0.3 is 0 Å². The van der Waals surface area contributed by atoms with Gasteiger partial charge in [-0.2, -0.15) is 15.8 Å². The smallest absolute Gasteiger partial charge is 0.0964 e. The van der Waals surface area contributed by atoms with Gasteiger partial charge in [-0.3, -0.25) is 0 Å². The van der Waals surface area contributed by atoms with Crippen molar-refractivity contribution in [2.75, 3.05) is 0 Å². The molecule has 0 saturated carbocycles. The minimum absolute atomic E-state index is 0.0466. The van der Waals surface area contributed by atoms with E-state index >= 15 is 0 Å². The minimum Gasteiger partial charge on any atom is -0.193 e. The van der Waals surface area contributed by atoms with Gasteiger partial charge in [0, 0.05) is 17.4 Å². The van der Waals surface area contributed by atoms with Crippen molar-refractivity contribution in [1.82, 2.24) is 0 Å². The normalized spacial score (nSPS) is 29.6.